The lowest BCUT2D eigenvalue weighted by Gasteiger charge is -2.25. The molecule has 2 atom stereocenters. The number of halogens is 3. The summed E-state index contributed by atoms with van der Waals surface area (Å²) in [6, 6.07) is 17.6. The summed E-state index contributed by atoms with van der Waals surface area (Å²) in [6.07, 6.45) is -4.30. The zero-order valence-electron chi connectivity index (χ0n) is 24.1. The van der Waals surface area contributed by atoms with Crippen LogP contribution in [0.4, 0.5) is 18.9 Å². The Kier molecular flexibility index (Phi) is 11.9. The first kappa shape index (κ1) is 32.6. The standard InChI is InChI=1S/C32H39F3N4O3/c1-4-8-29(40)28(19-36-18-24-12-11-21(2)15-22(24)3)39-30(41)20-38-31(42)26-16-25(32(33,34)35)13-14-27(26)37-17-23-9-6-5-7-10-23/h5-7,9-16,28-29,36-37,40H,4,8,17-20H2,1-3H3,(H,38,42)(H,39,41)/t28-,29-/m0/s1. The van der Waals surface area contributed by atoms with E-state index in [0.717, 1.165) is 34.4 Å². The Bertz CT molecular complexity index is 1330. The highest BCUT2D eigenvalue weighted by molar-refractivity contribution is 6.01. The topological polar surface area (TPSA) is 102 Å². The van der Waals surface area contributed by atoms with E-state index >= 15 is 0 Å². The number of benzene rings is 3. The zero-order valence-corrected chi connectivity index (χ0v) is 24.1. The molecule has 3 aromatic carbocycles. The van der Waals surface area contributed by atoms with Gasteiger partial charge in [0.25, 0.3) is 5.91 Å². The van der Waals surface area contributed by atoms with Gasteiger partial charge in [0.15, 0.2) is 0 Å². The van der Waals surface area contributed by atoms with Crippen LogP contribution in [-0.4, -0.2) is 42.2 Å². The molecule has 226 valence electrons. The van der Waals surface area contributed by atoms with Crippen molar-refractivity contribution >= 4 is 17.5 Å². The van der Waals surface area contributed by atoms with Gasteiger partial charge in [0, 0.05) is 25.3 Å². The Labute approximate surface area is 244 Å². The second-order valence-electron chi connectivity index (χ2n) is 10.4. The molecule has 0 unspecified atom stereocenters. The zero-order chi connectivity index (χ0) is 30.7. The maximum Gasteiger partial charge on any atom is 0.416 e. The molecule has 10 heteroatoms. The number of aryl methyl sites for hydroxylation is 2. The van der Waals surface area contributed by atoms with Crippen LogP contribution in [0.25, 0.3) is 0 Å². The summed E-state index contributed by atoms with van der Waals surface area (Å²) >= 11 is 0. The van der Waals surface area contributed by atoms with Gasteiger partial charge in [0.05, 0.1) is 29.8 Å². The predicted octanol–water partition coefficient (Wildman–Crippen LogP) is 5.10. The van der Waals surface area contributed by atoms with E-state index in [-0.39, 0.29) is 17.8 Å². The van der Waals surface area contributed by atoms with Gasteiger partial charge in [-0.15, -0.1) is 0 Å². The fourth-order valence-electron chi connectivity index (χ4n) is 4.56. The highest BCUT2D eigenvalue weighted by atomic mass is 19.4. The van der Waals surface area contributed by atoms with Gasteiger partial charge >= 0.3 is 6.18 Å². The van der Waals surface area contributed by atoms with E-state index < -0.39 is 42.2 Å². The largest absolute Gasteiger partial charge is 0.416 e. The van der Waals surface area contributed by atoms with Gasteiger partial charge in [0.1, 0.15) is 0 Å². The molecule has 3 rings (SSSR count). The Morgan fingerprint density at radius 3 is 2.36 bits per heavy atom. The van der Waals surface area contributed by atoms with E-state index in [2.05, 4.69) is 27.3 Å². The molecule has 0 aliphatic rings. The summed E-state index contributed by atoms with van der Waals surface area (Å²) in [5, 5.41) is 22.1. The average molecular weight is 585 g/mol. The number of alkyl halides is 3. The molecule has 0 saturated heterocycles. The Morgan fingerprint density at radius 1 is 0.952 bits per heavy atom. The molecule has 0 spiro atoms. The highest BCUT2D eigenvalue weighted by Crippen LogP contribution is 2.32. The maximum absolute atomic E-state index is 13.4. The molecule has 7 nitrogen and oxygen atoms in total. The first-order chi connectivity index (χ1) is 20.0. The van der Waals surface area contributed by atoms with Crippen molar-refractivity contribution in [2.24, 2.45) is 0 Å². The SMILES string of the molecule is CCC[C@H](O)[C@H](CNCc1ccc(C)cc1C)NC(=O)CNC(=O)c1cc(C(F)(F)F)ccc1NCc1ccccc1. The molecule has 2 amide bonds. The van der Waals surface area contributed by atoms with Crippen LogP contribution in [0.15, 0.2) is 66.7 Å². The number of hydrogen-bond donors (Lipinski definition) is 5. The summed E-state index contributed by atoms with van der Waals surface area (Å²) in [4.78, 5) is 25.8. The van der Waals surface area contributed by atoms with Crippen molar-refractivity contribution in [3.8, 4) is 0 Å². The van der Waals surface area contributed by atoms with Crippen LogP contribution in [0.2, 0.25) is 0 Å². The van der Waals surface area contributed by atoms with Crippen LogP contribution in [-0.2, 0) is 24.1 Å². The summed E-state index contributed by atoms with van der Waals surface area (Å²) in [5.74, 6) is -1.40. The quantitative estimate of drug-likeness (QED) is 0.182. The first-order valence-corrected chi connectivity index (χ1v) is 14.0. The van der Waals surface area contributed by atoms with Crippen molar-refractivity contribution in [2.45, 2.75) is 65.0 Å². The van der Waals surface area contributed by atoms with E-state index in [9.17, 15) is 27.9 Å². The lowest BCUT2D eigenvalue weighted by atomic mass is 10.0. The number of rotatable bonds is 14. The molecule has 0 radical (unpaired) electrons. The van der Waals surface area contributed by atoms with Crippen LogP contribution in [0.5, 0.6) is 0 Å². The molecule has 5 N–H and O–H groups in total. The number of aliphatic hydroxyl groups is 1. The van der Waals surface area contributed by atoms with Crippen molar-refractivity contribution in [3.05, 3.63) is 100 Å². The van der Waals surface area contributed by atoms with Gasteiger partial charge in [-0.2, -0.15) is 13.2 Å². The Hall–Kier alpha value is -3.89. The fourth-order valence-corrected chi connectivity index (χ4v) is 4.56. The fraction of sp³-hybridized carbons (Fsp3) is 0.375. The van der Waals surface area contributed by atoms with Gasteiger partial charge in [-0.1, -0.05) is 67.4 Å². The first-order valence-electron chi connectivity index (χ1n) is 14.0. The molecule has 0 aromatic heterocycles. The van der Waals surface area contributed by atoms with Crippen molar-refractivity contribution < 1.29 is 27.9 Å². The van der Waals surface area contributed by atoms with Crippen molar-refractivity contribution in [1.29, 1.82) is 0 Å². The van der Waals surface area contributed by atoms with Crippen LogP contribution in [0, 0.1) is 13.8 Å². The highest BCUT2D eigenvalue weighted by Gasteiger charge is 2.32. The number of nitrogens with one attached hydrogen (secondary N) is 4. The third-order valence-electron chi connectivity index (χ3n) is 6.90. The van der Waals surface area contributed by atoms with Crippen LogP contribution in [0.3, 0.4) is 0 Å². The molecular weight excluding hydrogens is 545 g/mol. The van der Waals surface area contributed by atoms with E-state index in [1.807, 2.05) is 63.2 Å². The van der Waals surface area contributed by atoms with Crippen molar-refractivity contribution in [3.63, 3.8) is 0 Å². The lowest BCUT2D eigenvalue weighted by molar-refractivity contribution is -0.137. The number of hydrogen-bond acceptors (Lipinski definition) is 5. The van der Waals surface area contributed by atoms with Gasteiger partial charge < -0.3 is 26.4 Å². The molecule has 0 aliphatic carbocycles. The molecule has 0 heterocycles. The maximum atomic E-state index is 13.4. The number of aliphatic hydroxyl groups excluding tert-OH is 1. The minimum Gasteiger partial charge on any atom is -0.391 e. The lowest BCUT2D eigenvalue weighted by Crippen LogP contribution is -2.51. The monoisotopic (exact) mass is 584 g/mol. The van der Waals surface area contributed by atoms with E-state index in [0.29, 0.717) is 25.9 Å². The average Bonchev–Trinajstić information content (AvgIpc) is 2.95. The summed E-state index contributed by atoms with van der Waals surface area (Å²) in [7, 11) is 0. The third-order valence-corrected chi connectivity index (χ3v) is 6.90. The second-order valence-corrected chi connectivity index (χ2v) is 10.4. The third kappa shape index (κ3) is 9.88. The summed E-state index contributed by atoms with van der Waals surface area (Å²) in [5.41, 5.74) is 3.27. The number of carbonyl (C=O) groups excluding carboxylic acids is 2. The minimum absolute atomic E-state index is 0.205. The molecule has 0 bridgehead atoms. The van der Waals surface area contributed by atoms with Crippen LogP contribution >= 0.6 is 0 Å². The second kappa shape index (κ2) is 15.4. The number of amides is 2. The summed E-state index contributed by atoms with van der Waals surface area (Å²) < 4.78 is 40.2. The molecule has 0 saturated carbocycles. The Morgan fingerprint density at radius 2 is 1.69 bits per heavy atom. The van der Waals surface area contributed by atoms with E-state index in [1.54, 1.807) is 0 Å². The molecule has 0 aliphatic heterocycles. The summed E-state index contributed by atoms with van der Waals surface area (Å²) in [6.45, 7) is 6.61. The van der Waals surface area contributed by atoms with Crippen molar-refractivity contribution in [2.75, 3.05) is 18.4 Å². The molecule has 3 aromatic rings. The van der Waals surface area contributed by atoms with Gasteiger partial charge in [-0.05, 0) is 55.2 Å². The van der Waals surface area contributed by atoms with Crippen LogP contribution in [0.1, 0.15) is 57.9 Å². The molecule has 0 fully saturated rings. The smallest absolute Gasteiger partial charge is 0.391 e. The minimum atomic E-state index is -4.64. The number of carbonyl (C=O) groups is 2. The van der Waals surface area contributed by atoms with E-state index in [4.69, 9.17) is 0 Å². The predicted molar refractivity (Wildman–Crippen MR) is 158 cm³/mol. The van der Waals surface area contributed by atoms with Gasteiger partial charge in [0.2, 0.25) is 5.91 Å². The normalized spacial score (nSPS) is 12.8. The van der Waals surface area contributed by atoms with E-state index in [1.165, 1.54) is 6.07 Å². The van der Waals surface area contributed by atoms with Gasteiger partial charge in [-0.25, -0.2) is 0 Å². The Balaban J connectivity index is 1.64. The van der Waals surface area contributed by atoms with Crippen molar-refractivity contribution in [1.82, 2.24) is 16.0 Å². The molecule has 42 heavy (non-hydrogen) atoms. The van der Waals surface area contributed by atoms with Crippen LogP contribution < -0.4 is 21.3 Å². The van der Waals surface area contributed by atoms with Gasteiger partial charge in [-0.3, -0.25) is 9.59 Å². The molecular formula is C32H39F3N4O3. The number of anilines is 1.